The van der Waals surface area contributed by atoms with Crippen molar-refractivity contribution in [1.82, 2.24) is 14.6 Å². The van der Waals surface area contributed by atoms with Crippen molar-refractivity contribution in [2.75, 3.05) is 0 Å². The molecule has 0 bridgehead atoms. The number of rotatable bonds is 4. The van der Waals surface area contributed by atoms with E-state index in [4.69, 9.17) is 16.3 Å². The van der Waals surface area contributed by atoms with Crippen LogP contribution in [0.5, 0.6) is 11.5 Å². The molecular weight excluding hydrogens is 389 g/mol. The molecule has 2 aromatic heterocycles. The average molecular weight is 408 g/mol. The molecule has 0 saturated heterocycles. The first-order valence-corrected chi connectivity index (χ1v) is 9.92. The van der Waals surface area contributed by atoms with E-state index in [1.54, 1.807) is 12.1 Å². The molecule has 146 valence electrons. The van der Waals surface area contributed by atoms with Crippen LogP contribution in [0.2, 0.25) is 5.02 Å². The van der Waals surface area contributed by atoms with Crippen LogP contribution in [0.1, 0.15) is 29.8 Å². The number of ether oxygens (including phenoxy) is 1. The maximum Gasteiger partial charge on any atom is 0.203 e. The summed E-state index contributed by atoms with van der Waals surface area (Å²) in [5.41, 5.74) is 2.32. The highest BCUT2D eigenvalue weighted by molar-refractivity contribution is 6.32. The summed E-state index contributed by atoms with van der Waals surface area (Å²) in [5, 5.41) is 9.38. The third kappa shape index (κ3) is 2.97. The SMILES string of the molecule is Cc1ccc([C@]2(c3nnc4c(Oc5ccccc5Cl)cccn43)C[C@H](F)C2)cc1. The van der Waals surface area contributed by atoms with Crippen LogP contribution in [0.25, 0.3) is 5.65 Å². The topological polar surface area (TPSA) is 39.4 Å². The van der Waals surface area contributed by atoms with E-state index in [0.717, 1.165) is 11.4 Å². The highest BCUT2D eigenvalue weighted by atomic mass is 35.5. The fraction of sp³-hybridized carbons (Fsp3) is 0.217. The van der Waals surface area contributed by atoms with Crippen LogP contribution in [0.15, 0.2) is 66.9 Å². The molecule has 0 amide bonds. The van der Waals surface area contributed by atoms with Crippen molar-refractivity contribution in [2.45, 2.75) is 31.4 Å². The fourth-order valence-electron chi connectivity index (χ4n) is 4.06. The van der Waals surface area contributed by atoms with Gasteiger partial charge in [0.1, 0.15) is 17.7 Å². The van der Waals surface area contributed by atoms with Crippen molar-refractivity contribution in [3.8, 4) is 11.5 Å². The smallest absolute Gasteiger partial charge is 0.203 e. The molecule has 0 N–H and O–H groups in total. The predicted molar refractivity (Wildman–Crippen MR) is 111 cm³/mol. The van der Waals surface area contributed by atoms with E-state index in [9.17, 15) is 4.39 Å². The predicted octanol–water partition coefficient (Wildman–Crippen LogP) is 5.90. The molecule has 6 heteroatoms. The van der Waals surface area contributed by atoms with Gasteiger partial charge in [-0.2, -0.15) is 0 Å². The van der Waals surface area contributed by atoms with Gasteiger partial charge >= 0.3 is 0 Å². The van der Waals surface area contributed by atoms with Gasteiger partial charge in [-0.1, -0.05) is 53.6 Å². The normalized spacial score (nSPS) is 21.1. The number of halogens is 2. The molecule has 0 spiro atoms. The molecule has 0 atom stereocenters. The van der Waals surface area contributed by atoms with Gasteiger partial charge in [-0.25, -0.2) is 4.39 Å². The summed E-state index contributed by atoms with van der Waals surface area (Å²) in [6.07, 6.45) is 1.84. The molecule has 0 unspecified atom stereocenters. The van der Waals surface area contributed by atoms with E-state index in [1.807, 2.05) is 41.8 Å². The van der Waals surface area contributed by atoms with Crippen molar-refractivity contribution in [3.05, 3.63) is 88.8 Å². The average Bonchev–Trinajstić information content (AvgIpc) is 3.13. The fourth-order valence-corrected chi connectivity index (χ4v) is 4.23. The third-order valence-electron chi connectivity index (χ3n) is 5.63. The lowest BCUT2D eigenvalue weighted by molar-refractivity contribution is 0.116. The molecule has 5 rings (SSSR count). The summed E-state index contributed by atoms with van der Waals surface area (Å²) in [7, 11) is 0. The van der Waals surface area contributed by atoms with Crippen LogP contribution in [-0.4, -0.2) is 20.8 Å². The van der Waals surface area contributed by atoms with Crippen molar-refractivity contribution in [3.63, 3.8) is 0 Å². The molecule has 2 aromatic carbocycles. The Hall–Kier alpha value is -2.92. The van der Waals surface area contributed by atoms with E-state index in [0.29, 0.717) is 35.0 Å². The lowest BCUT2D eigenvalue weighted by Crippen LogP contribution is -2.45. The van der Waals surface area contributed by atoms with E-state index < -0.39 is 11.6 Å². The molecule has 1 aliphatic rings. The lowest BCUT2D eigenvalue weighted by atomic mass is 9.62. The van der Waals surface area contributed by atoms with Gasteiger partial charge in [0.2, 0.25) is 5.65 Å². The number of hydrogen-bond acceptors (Lipinski definition) is 3. The molecule has 4 aromatic rings. The van der Waals surface area contributed by atoms with Gasteiger partial charge in [0.05, 0.1) is 10.4 Å². The van der Waals surface area contributed by atoms with Gasteiger partial charge < -0.3 is 4.74 Å². The monoisotopic (exact) mass is 407 g/mol. The molecule has 0 aliphatic heterocycles. The zero-order valence-electron chi connectivity index (χ0n) is 15.8. The quantitative estimate of drug-likeness (QED) is 0.422. The molecule has 1 aliphatic carbocycles. The minimum atomic E-state index is -0.841. The number of alkyl halides is 1. The van der Waals surface area contributed by atoms with Gasteiger partial charge in [0.15, 0.2) is 5.75 Å². The summed E-state index contributed by atoms with van der Waals surface area (Å²) >= 11 is 6.23. The van der Waals surface area contributed by atoms with Crippen LogP contribution in [0, 0.1) is 6.92 Å². The van der Waals surface area contributed by atoms with Crippen molar-refractivity contribution in [1.29, 1.82) is 0 Å². The van der Waals surface area contributed by atoms with E-state index in [-0.39, 0.29) is 0 Å². The van der Waals surface area contributed by atoms with E-state index in [1.165, 1.54) is 5.56 Å². The largest absolute Gasteiger partial charge is 0.452 e. The Morgan fingerprint density at radius 3 is 2.45 bits per heavy atom. The first-order valence-electron chi connectivity index (χ1n) is 9.55. The summed E-state index contributed by atoms with van der Waals surface area (Å²) in [6, 6.07) is 19.2. The first kappa shape index (κ1) is 18.1. The van der Waals surface area contributed by atoms with Gasteiger partial charge in [-0.05, 0) is 49.6 Å². The number of hydrogen-bond donors (Lipinski definition) is 0. The van der Waals surface area contributed by atoms with Crippen LogP contribution in [0.4, 0.5) is 4.39 Å². The minimum Gasteiger partial charge on any atom is -0.452 e. The Balaban J connectivity index is 1.61. The second-order valence-corrected chi connectivity index (χ2v) is 7.98. The summed E-state index contributed by atoms with van der Waals surface area (Å²) in [4.78, 5) is 0. The molecule has 4 nitrogen and oxygen atoms in total. The number of aromatic nitrogens is 3. The second-order valence-electron chi connectivity index (χ2n) is 7.58. The standard InChI is InChI=1S/C23H19ClFN3O/c1-15-8-10-16(11-9-15)23(13-17(25)14-23)22-27-26-21-20(7-4-12-28(21)22)29-19-6-3-2-5-18(19)24/h2-12,17H,13-14H2,1H3/t17-,23-. The molecule has 1 saturated carbocycles. The molecule has 29 heavy (non-hydrogen) atoms. The Kier molecular flexibility index (Phi) is 4.28. The van der Waals surface area contributed by atoms with E-state index >= 15 is 0 Å². The summed E-state index contributed by atoms with van der Waals surface area (Å²) in [5.74, 6) is 1.83. The van der Waals surface area contributed by atoms with Crippen molar-refractivity contribution in [2.24, 2.45) is 0 Å². The number of benzene rings is 2. The maximum atomic E-state index is 14.1. The highest BCUT2D eigenvalue weighted by Crippen LogP contribution is 2.50. The Labute approximate surface area is 172 Å². The Morgan fingerprint density at radius 1 is 1.00 bits per heavy atom. The minimum absolute atomic E-state index is 0.395. The second kappa shape index (κ2) is 6.85. The van der Waals surface area contributed by atoms with Gasteiger partial charge in [-0.15, -0.1) is 10.2 Å². The summed E-state index contributed by atoms with van der Waals surface area (Å²) in [6.45, 7) is 2.04. The summed E-state index contributed by atoms with van der Waals surface area (Å²) < 4.78 is 22.0. The number of nitrogens with zero attached hydrogens (tertiary/aromatic N) is 3. The highest BCUT2D eigenvalue weighted by Gasteiger charge is 2.50. The lowest BCUT2D eigenvalue weighted by Gasteiger charge is -2.43. The number of aryl methyl sites for hydroxylation is 1. The van der Waals surface area contributed by atoms with E-state index in [2.05, 4.69) is 34.5 Å². The van der Waals surface area contributed by atoms with Gasteiger partial charge in [0, 0.05) is 6.20 Å². The molecule has 1 fully saturated rings. The van der Waals surface area contributed by atoms with Crippen LogP contribution in [-0.2, 0) is 5.41 Å². The van der Waals surface area contributed by atoms with Crippen molar-refractivity contribution < 1.29 is 9.13 Å². The number of fused-ring (bicyclic) bond motifs is 1. The van der Waals surface area contributed by atoms with Crippen LogP contribution >= 0.6 is 11.6 Å². The zero-order valence-corrected chi connectivity index (χ0v) is 16.6. The Bertz CT molecular complexity index is 1180. The van der Waals surface area contributed by atoms with Crippen LogP contribution < -0.4 is 4.74 Å². The first-order chi connectivity index (χ1) is 14.1. The van der Waals surface area contributed by atoms with Crippen molar-refractivity contribution >= 4 is 17.2 Å². The Morgan fingerprint density at radius 2 is 1.72 bits per heavy atom. The third-order valence-corrected chi connectivity index (χ3v) is 5.94. The number of para-hydroxylation sites is 1. The van der Waals surface area contributed by atoms with Crippen LogP contribution in [0.3, 0.4) is 0 Å². The number of pyridine rings is 1. The van der Waals surface area contributed by atoms with Gasteiger partial charge in [0.25, 0.3) is 0 Å². The van der Waals surface area contributed by atoms with Gasteiger partial charge in [-0.3, -0.25) is 4.40 Å². The maximum absolute atomic E-state index is 14.1. The molecule has 0 radical (unpaired) electrons. The molecular formula is C23H19ClFN3O. The molecule has 2 heterocycles. The zero-order chi connectivity index (χ0) is 20.0.